The molecule has 2 aromatic heterocycles. The molecule has 2 aromatic rings. The van der Waals surface area contributed by atoms with Crippen LogP contribution in [0, 0.1) is 5.92 Å². The molecule has 0 radical (unpaired) electrons. The number of aromatic amines is 1. The Labute approximate surface area is 152 Å². The number of hydrogen-bond donors (Lipinski definition) is 2. The predicted octanol–water partition coefficient (Wildman–Crippen LogP) is 1.66. The van der Waals surface area contributed by atoms with E-state index in [1.807, 2.05) is 26.0 Å². The van der Waals surface area contributed by atoms with Crippen LogP contribution in [-0.4, -0.2) is 51.5 Å². The molecule has 0 aromatic carbocycles. The van der Waals surface area contributed by atoms with Crippen molar-refractivity contribution in [2.75, 3.05) is 13.7 Å². The van der Waals surface area contributed by atoms with E-state index in [4.69, 9.17) is 4.74 Å². The summed E-state index contributed by atoms with van der Waals surface area (Å²) in [6.07, 6.45) is 5.70. The predicted molar refractivity (Wildman–Crippen MR) is 94.3 cm³/mol. The van der Waals surface area contributed by atoms with Crippen molar-refractivity contribution in [3.63, 3.8) is 0 Å². The molecule has 1 aliphatic rings. The third-order valence-electron chi connectivity index (χ3n) is 4.61. The van der Waals surface area contributed by atoms with Gasteiger partial charge in [0.2, 0.25) is 0 Å². The van der Waals surface area contributed by atoms with Gasteiger partial charge in [-0.3, -0.25) is 4.98 Å². The molecule has 2 N–H and O–H groups in total. The Morgan fingerprint density at radius 3 is 2.73 bits per heavy atom. The van der Waals surface area contributed by atoms with Crippen LogP contribution in [0.2, 0.25) is 0 Å². The fourth-order valence-corrected chi connectivity index (χ4v) is 3.22. The Morgan fingerprint density at radius 2 is 2.08 bits per heavy atom. The zero-order chi connectivity index (χ0) is 18.7. The van der Waals surface area contributed by atoms with Crippen molar-refractivity contribution in [3.05, 3.63) is 47.8 Å². The number of methoxy groups -OCH3 is 1. The van der Waals surface area contributed by atoms with Crippen molar-refractivity contribution in [2.24, 2.45) is 5.92 Å². The van der Waals surface area contributed by atoms with Crippen molar-refractivity contribution in [3.8, 4) is 0 Å². The fourth-order valence-electron chi connectivity index (χ4n) is 3.22. The molecular weight excluding hydrogens is 334 g/mol. The van der Waals surface area contributed by atoms with Crippen molar-refractivity contribution in [1.82, 2.24) is 25.2 Å². The van der Waals surface area contributed by atoms with Crippen LogP contribution in [0.4, 0.5) is 4.79 Å². The summed E-state index contributed by atoms with van der Waals surface area (Å²) in [6, 6.07) is 2.39. The standard InChI is InChI=1S/C18H23N5O3/c1-11(2)14(17(24)26-3)22-18(25)23-9-6-13-15(21-10-20-13)16(23)12-4-7-19-8-5-12/h4-5,7-8,10-11,14,16H,6,9H2,1-3H3,(H,20,21)(H,22,25)/t14-,16-/m0/s1. The number of carbonyl (C=O) groups is 2. The highest BCUT2D eigenvalue weighted by Gasteiger charge is 2.36. The number of H-pyrrole nitrogens is 1. The molecule has 8 nitrogen and oxygen atoms in total. The van der Waals surface area contributed by atoms with Gasteiger partial charge in [-0.25, -0.2) is 14.6 Å². The number of rotatable bonds is 4. The number of esters is 1. The molecule has 0 saturated carbocycles. The molecule has 8 heteroatoms. The number of carbonyl (C=O) groups excluding carboxylic acids is 2. The second-order valence-corrected chi connectivity index (χ2v) is 6.59. The van der Waals surface area contributed by atoms with E-state index >= 15 is 0 Å². The quantitative estimate of drug-likeness (QED) is 0.811. The van der Waals surface area contributed by atoms with Crippen molar-refractivity contribution < 1.29 is 14.3 Å². The van der Waals surface area contributed by atoms with Gasteiger partial charge in [-0.2, -0.15) is 0 Å². The highest BCUT2D eigenvalue weighted by molar-refractivity contribution is 5.84. The van der Waals surface area contributed by atoms with Gasteiger partial charge in [-0.05, 0) is 23.6 Å². The minimum atomic E-state index is -0.703. The lowest BCUT2D eigenvalue weighted by molar-refractivity contribution is -0.144. The van der Waals surface area contributed by atoms with Gasteiger partial charge in [-0.1, -0.05) is 13.8 Å². The molecule has 0 unspecified atom stereocenters. The zero-order valence-electron chi connectivity index (χ0n) is 15.1. The summed E-state index contributed by atoms with van der Waals surface area (Å²) in [5.74, 6) is -0.539. The number of ether oxygens (including phenoxy) is 1. The first-order valence-corrected chi connectivity index (χ1v) is 8.60. The van der Waals surface area contributed by atoms with Gasteiger partial charge in [-0.15, -0.1) is 0 Å². The lowest BCUT2D eigenvalue weighted by Crippen LogP contribution is -2.53. The Bertz CT molecular complexity index is 774. The topological polar surface area (TPSA) is 100 Å². The Balaban J connectivity index is 1.90. The third-order valence-corrected chi connectivity index (χ3v) is 4.61. The number of nitrogens with one attached hydrogen (secondary N) is 2. The number of aromatic nitrogens is 3. The first-order chi connectivity index (χ1) is 12.5. The van der Waals surface area contributed by atoms with E-state index < -0.39 is 12.0 Å². The summed E-state index contributed by atoms with van der Waals surface area (Å²) >= 11 is 0. The highest BCUT2D eigenvalue weighted by atomic mass is 16.5. The molecule has 2 amide bonds. The van der Waals surface area contributed by atoms with E-state index in [0.29, 0.717) is 13.0 Å². The van der Waals surface area contributed by atoms with E-state index in [-0.39, 0.29) is 18.0 Å². The average Bonchev–Trinajstić information content (AvgIpc) is 3.13. The summed E-state index contributed by atoms with van der Waals surface area (Å²) in [4.78, 5) is 38.3. The van der Waals surface area contributed by atoms with Gasteiger partial charge in [0.05, 0.1) is 19.1 Å². The van der Waals surface area contributed by atoms with Crippen LogP contribution in [0.5, 0.6) is 0 Å². The third kappa shape index (κ3) is 3.40. The summed E-state index contributed by atoms with van der Waals surface area (Å²) < 4.78 is 4.82. The number of hydrogen-bond acceptors (Lipinski definition) is 5. The first-order valence-electron chi connectivity index (χ1n) is 8.60. The van der Waals surface area contributed by atoms with Crippen LogP contribution in [-0.2, 0) is 16.0 Å². The Hall–Kier alpha value is -2.90. The smallest absolute Gasteiger partial charge is 0.328 e. The van der Waals surface area contributed by atoms with Gasteiger partial charge in [0, 0.05) is 31.1 Å². The number of nitrogens with zero attached hydrogens (tertiary/aromatic N) is 3. The van der Waals surface area contributed by atoms with Gasteiger partial charge in [0.25, 0.3) is 0 Å². The maximum absolute atomic E-state index is 13.0. The fraction of sp³-hybridized carbons (Fsp3) is 0.444. The van der Waals surface area contributed by atoms with Crippen LogP contribution >= 0.6 is 0 Å². The summed E-state index contributed by atoms with van der Waals surface area (Å²) in [5.41, 5.74) is 2.75. The number of pyridine rings is 1. The lowest BCUT2D eigenvalue weighted by atomic mass is 9.96. The van der Waals surface area contributed by atoms with Crippen LogP contribution in [0.25, 0.3) is 0 Å². The second-order valence-electron chi connectivity index (χ2n) is 6.59. The van der Waals surface area contributed by atoms with Gasteiger partial charge < -0.3 is 19.9 Å². The molecule has 26 heavy (non-hydrogen) atoms. The number of urea groups is 1. The van der Waals surface area contributed by atoms with Crippen molar-refractivity contribution in [2.45, 2.75) is 32.4 Å². The van der Waals surface area contributed by atoms with Crippen LogP contribution in [0.15, 0.2) is 30.9 Å². The minimum absolute atomic E-state index is 0.0866. The molecule has 0 bridgehead atoms. The molecule has 0 spiro atoms. The van der Waals surface area contributed by atoms with E-state index in [0.717, 1.165) is 17.0 Å². The monoisotopic (exact) mass is 357 g/mol. The molecule has 0 fully saturated rings. The summed E-state index contributed by atoms with van der Waals surface area (Å²) in [7, 11) is 1.32. The SMILES string of the molecule is COC(=O)[C@@H](NC(=O)N1CCc2[nH]cnc2[C@@H]1c1ccncc1)C(C)C. The van der Waals surface area contributed by atoms with Gasteiger partial charge >= 0.3 is 12.0 Å². The second kappa shape index (κ2) is 7.55. The van der Waals surface area contributed by atoms with E-state index in [1.165, 1.54) is 7.11 Å². The molecule has 1 aliphatic heterocycles. The summed E-state index contributed by atoms with van der Waals surface area (Å²) in [5, 5.41) is 2.82. The van der Waals surface area contributed by atoms with Gasteiger partial charge in [0.1, 0.15) is 12.1 Å². The van der Waals surface area contributed by atoms with Crippen molar-refractivity contribution >= 4 is 12.0 Å². The molecule has 3 heterocycles. The number of fused-ring (bicyclic) bond motifs is 1. The van der Waals surface area contributed by atoms with E-state index in [9.17, 15) is 9.59 Å². The minimum Gasteiger partial charge on any atom is -0.467 e. The Kier molecular flexibility index (Phi) is 5.20. The molecule has 3 rings (SSSR count). The van der Waals surface area contributed by atoms with Gasteiger partial charge in [0.15, 0.2) is 0 Å². The maximum atomic E-state index is 13.0. The van der Waals surface area contributed by atoms with Crippen LogP contribution in [0.3, 0.4) is 0 Å². The molecule has 2 atom stereocenters. The van der Waals surface area contributed by atoms with E-state index in [1.54, 1.807) is 23.6 Å². The maximum Gasteiger partial charge on any atom is 0.328 e. The van der Waals surface area contributed by atoms with Crippen LogP contribution in [0.1, 0.15) is 36.8 Å². The molecule has 138 valence electrons. The van der Waals surface area contributed by atoms with E-state index in [2.05, 4.69) is 20.3 Å². The zero-order valence-corrected chi connectivity index (χ0v) is 15.1. The number of imidazole rings is 1. The molecular formula is C18H23N5O3. The Morgan fingerprint density at radius 1 is 1.35 bits per heavy atom. The lowest BCUT2D eigenvalue weighted by Gasteiger charge is -2.36. The van der Waals surface area contributed by atoms with Crippen molar-refractivity contribution in [1.29, 1.82) is 0 Å². The first kappa shape index (κ1) is 17.9. The number of amides is 2. The summed E-state index contributed by atoms with van der Waals surface area (Å²) in [6.45, 7) is 4.24. The average molecular weight is 357 g/mol. The van der Waals surface area contributed by atoms with Crippen LogP contribution < -0.4 is 5.32 Å². The molecule has 0 saturated heterocycles. The largest absolute Gasteiger partial charge is 0.467 e. The molecule has 0 aliphatic carbocycles. The highest BCUT2D eigenvalue weighted by Crippen LogP contribution is 2.33. The normalized spacial score (nSPS) is 17.5.